The minimum absolute atomic E-state index is 0.264. The van der Waals surface area contributed by atoms with E-state index in [-0.39, 0.29) is 17.4 Å². The van der Waals surface area contributed by atoms with Crippen LogP contribution in [0.15, 0.2) is 18.2 Å². The van der Waals surface area contributed by atoms with Crippen molar-refractivity contribution in [3.8, 4) is 0 Å². The maximum absolute atomic E-state index is 13.1. The molecule has 0 saturated heterocycles. The highest BCUT2D eigenvalue weighted by Crippen LogP contribution is 2.40. The summed E-state index contributed by atoms with van der Waals surface area (Å²) in [4.78, 5) is 15.9. The van der Waals surface area contributed by atoms with Crippen molar-refractivity contribution in [2.24, 2.45) is 0 Å². The van der Waals surface area contributed by atoms with E-state index < -0.39 is 11.7 Å². The van der Waals surface area contributed by atoms with Crippen LogP contribution in [0.1, 0.15) is 66.2 Å². The SMILES string of the molecule is CC(C)c1c(C=C2C(=O)Nc3ccc(C(F)(F)F)cc32)[nH]c2c1CCCC2. The smallest absolute Gasteiger partial charge is 0.358 e. The highest BCUT2D eigenvalue weighted by atomic mass is 19.4. The Balaban J connectivity index is 1.85. The highest BCUT2D eigenvalue weighted by molar-refractivity contribution is 6.34. The third kappa shape index (κ3) is 3.07. The molecule has 1 aliphatic heterocycles. The number of H-pyrrole nitrogens is 1. The van der Waals surface area contributed by atoms with Gasteiger partial charge in [-0.2, -0.15) is 13.2 Å². The number of anilines is 1. The summed E-state index contributed by atoms with van der Waals surface area (Å²) < 4.78 is 39.3. The second-order valence-electron chi connectivity index (χ2n) is 7.54. The van der Waals surface area contributed by atoms with Crippen LogP contribution in [-0.2, 0) is 23.8 Å². The van der Waals surface area contributed by atoms with Gasteiger partial charge in [-0.1, -0.05) is 13.8 Å². The minimum atomic E-state index is -4.44. The van der Waals surface area contributed by atoms with E-state index in [1.807, 2.05) is 0 Å². The summed E-state index contributed by atoms with van der Waals surface area (Å²) in [5.41, 5.74) is 4.76. The lowest BCUT2D eigenvalue weighted by atomic mass is 9.89. The fraction of sp³-hybridized carbons (Fsp3) is 0.381. The van der Waals surface area contributed by atoms with Gasteiger partial charge in [-0.05, 0) is 67.0 Å². The normalized spacial score (nSPS) is 18.0. The average molecular weight is 374 g/mol. The first-order valence-corrected chi connectivity index (χ1v) is 9.24. The molecule has 2 heterocycles. The van der Waals surface area contributed by atoms with Crippen molar-refractivity contribution >= 4 is 23.2 Å². The highest BCUT2D eigenvalue weighted by Gasteiger charge is 2.34. The zero-order valence-electron chi connectivity index (χ0n) is 15.3. The molecular formula is C21H21F3N2O. The van der Waals surface area contributed by atoms with Crippen LogP contribution in [-0.4, -0.2) is 10.9 Å². The number of fused-ring (bicyclic) bond motifs is 2. The van der Waals surface area contributed by atoms with Crippen molar-refractivity contribution < 1.29 is 18.0 Å². The molecule has 3 nitrogen and oxygen atoms in total. The van der Waals surface area contributed by atoms with Gasteiger partial charge in [0.2, 0.25) is 0 Å². The Labute approximate surface area is 155 Å². The van der Waals surface area contributed by atoms with E-state index in [0.717, 1.165) is 43.5 Å². The third-order valence-corrected chi connectivity index (χ3v) is 5.36. The maximum Gasteiger partial charge on any atom is 0.416 e. The number of carbonyl (C=O) groups excluding carboxylic acids is 1. The van der Waals surface area contributed by atoms with Gasteiger partial charge in [0.05, 0.1) is 11.1 Å². The molecule has 2 aliphatic rings. The van der Waals surface area contributed by atoms with Crippen molar-refractivity contribution in [3.05, 3.63) is 51.8 Å². The van der Waals surface area contributed by atoms with Crippen LogP contribution in [0.2, 0.25) is 0 Å². The second kappa shape index (κ2) is 6.29. The number of hydrogen-bond acceptors (Lipinski definition) is 1. The molecule has 0 bridgehead atoms. The largest absolute Gasteiger partial charge is 0.416 e. The average Bonchev–Trinajstić information content (AvgIpc) is 3.11. The second-order valence-corrected chi connectivity index (χ2v) is 7.54. The molecule has 0 saturated carbocycles. The fourth-order valence-corrected chi connectivity index (χ4v) is 4.16. The first-order chi connectivity index (χ1) is 12.8. The van der Waals surface area contributed by atoms with Crippen LogP contribution in [0.4, 0.5) is 18.9 Å². The molecule has 1 aromatic heterocycles. The molecule has 0 unspecified atom stereocenters. The van der Waals surface area contributed by atoms with E-state index in [9.17, 15) is 18.0 Å². The van der Waals surface area contributed by atoms with Gasteiger partial charge in [-0.25, -0.2) is 0 Å². The van der Waals surface area contributed by atoms with Gasteiger partial charge in [-0.3, -0.25) is 4.79 Å². The summed E-state index contributed by atoms with van der Waals surface area (Å²) in [5.74, 6) is -0.105. The number of hydrogen-bond donors (Lipinski definition) is 2. The fourth-order valence-electron chi connectivity index (χ4n) is 4.16. The lowest BCUT2D eigenvalue weighted by Crippen LogP contribution is -2.05. The molecule has 2 aromatic rings. The zero-order chi connectivity index (χ0) is 19.3. The number of benzene rings is 1. The molecule has 4 rings (SSSR count). The predicted molar refractivity (Wildman–Crippen MR) is 99.5 cm³/mol. The molecule has 27 heavy (non-hydrogen) atoms. The lowest BCUT2D eigenvalue weighted by Gasteiger charge is -2.14. The van der Waals surface area contributed by atoms with E-state index in [1.165, 1.54) is 22.9 Å². The van der Waals surface area contributed by atoms with Crippen molar-refractivity contribution in [2.75, 3.05) is 5.32 Å². The first kappa shape index (κ1) is 17.9. The Kier molecular flexibility index (Phi) is 4.17. The molecule has 1 amide bonds. The standard InChI is InChI=1S/C21H21F3N2O/c1-11(2)19-13-5-3-4-6-16(13)25-18(19)10-15-14-9-12(21(22,23)24)7-8-17(14)26-20(15)27/h7-11,25H,3-6H2,1-2H3,(H,26,27). The predicted octanol–water partition coefficient (Wildman–Crippen LogP) is 5.53. The number of aromatic nitrogens is 1. The summed E-state index contributed by atoms with van der Waals surface area (Å²) in [6.45, 7) is 4.20. The molecule has 0 radical (unpaired) electrons. The molecule has 1 aromatic carbocycles. The number of halogens is 3. The van der Waals surface area contributed by atoms with Crippen LogP contribution >= 0.6 is 0 Å². The topological polar surface area (TPSA) is 44.9 Å². The lowest BCUT2D eigenvalue weighted by molar-refractivity contribution is -0.137. The minimum Gasteiger partial charge on any atom is -0.358 e. The van der Waals surface area contributed by atoms with E-state index >= 15 is 0 Å². The number of nitrogens with one attached hydrogen (secondary N) is 2. The molecule has 2 N–H and O–H groups in total. The van der Waals surface area contributed by atoms with Gasteiger partial charge < -0.3 is 10.3 Å². The van der Waals surface area contributed by atoms with E-state index in [2.05, 4.69) is 24.1 Å². The third-order valence-electron chi connectivity index (χ3n) is 5.36. The van der Waals surface area contributed by atoms with Gasteiger partial charge in [-0.15, -0.1) is 0 Å². The zero-order valence-corrected chi connectivity index (χ0v) is 15.3. The molecule has 1 aliphatic carbocycles. The van der Waals surface area contributed by atoms with E-state index in [1.54, 1.807) is 6.08 Å². The van der Waals surface area contributed by atoms with Crippen molar-refractivity contribution in [2.45, 2.75) is 51.6 Å². The van der Waals surface area contributed by atoms with Gasteiger partial charge >= 0.3 is 6.18 Å². The number of rotatable bonds is 2. The van der Waals surface area contributed by atoms with Gasteiger partial charge in [0, 0.05) is 22.6 Å². The Morgan fingerprint density at radius 2 is 1.89 bits per heavy atom. The molecule has 142 valence electrons. The summed E-state index contributed by atoms with van der Waals surface area (Å²) in [6.07, 6.45) is 1.51. The van der Waals surface area contributed by atoms with Crippen LogP contribution in [0.3, 0.4) is 0 Å². The Bertz CT molecular complexity index is 951. The van der Waals surface area contributed by atoms with Gasteiger partial charge in [0.1, 0.15) is 0 Å². The van der Waals surface area contributed by atoms with E-state index in [0.29, 0.717) is 11.3 Å². The number of aromatic amines is 1. The maximum atomic E-state index is 13.1. The Morgan fingerprint density at radius 1 is 1.15 bits per heavy atom. The van der Waals surface area contributed by atoms with Crippen molar-refractivity contribution in [3.63, 3.8) is 0 Å². The quantitative estimate of drug-likeness (QED) is 0.667. The number of alkyl halides is 3. The van der Waals surface area contributed by atoms with Gasteiger partial charge in [0.15, 0.2) is 0 Å². The van der Waals surface area contributed by atoms with Crippen LogP contribution in [0, 0.1) is 0 Å². The monoisotopic (exact) mass is 374 g/mol. The van der Waals surface area contributed by atoms with Crippen LogP contribution in [0.25, 0.3) is 11.6 Å². The molecule has 0 atom stereocenters. The number of aryl methyl sites for hydroxylation is 1. The Hall–Kier alpha value is -2.50. The molecular weight excluding hydrogens is 353 g/mol. The van der Waals surface area contributed by atoms with Crippen LogP contribution in [0.5, 0.6) is 0 Å². The summed E-state index contributed by atoms with van der Waals surface area (Å²) in [5, 5.41) is 2.67. The van der Waals surface area contributed by atoms with Gasteiger partial charge in [0.25, 0.3) is 5.91 Å². The van der Waals surface area contributed by atoms with Crippen molar-refractivity contribution in [1.29, 1.82) is 0 Å². The number of carbonyl (C=O) groups is 1. The summed E-state index contributed by atoms with van der Waals surface area (Å²) >= 11 is 0. The Morgan fingerprint density at radius 3 is 2.59 bits per heavy atom. The molecule has 0 fully saturated rings. The first-order valence-electron chi connectivity index (χ1n) is 9.24. The number of amides is 1. The summed E-state index contributed by atoms with van der Waals surface area (Å²) in [7, 11) is 0. The summed E-state index contributed by atoms with van der Waals surface area (Å²) in [6, 6.07) is 3.37. The van der Waals surface area contributed by atoms with Crippen molar-refractivity contribution in [1.82, 2.24) is 4.98 Å². The van der Waals surface area contributed by atoms with Crippen LogP contribution < -0.4 is 5.32 Å². The molecule has 6 heteroatoms. The van der Waals surface area contributed by atoms with E-state index in [4.69, 9.17) is 0 Å². The molecule has 0 spiro atoms.